The van der Waals surface area contributed by atoms with Crippen molar-refractivity contribution in [3.63, 3.8) is 0 Å². The van der Waals surface area contributed by atoms with Crippen molar-refractivity contribution in [2.75, 3.05) is 40.0 Å². The molecule has 4 rings (SSSR count). The molecule has 0 unspecified atom stereocenters. The number of carbonyl (C=O) groups is 2. The number of hydrogen-bond acceptors (Lipinski definition) is 6. The number of hydrogen-bond donors (Lipinski definition) is 0. The van der Waals surface area contributed by atoms with Crippen molar-refractivity contribution >= 4 is 11.8 Å². The first-order chi connectivity index (χ1) is 14.0. The number of amides is 2. The number of pyridine rings is 1. The Kier molecular flexibility index (Phi) is 5.48. The summed E-state index contributed by atoms with van der Waals surface area (Å²) in [6, 6.07) is 3.16. The number of aryl methyl sites for hydroxylation is 1. The van der Waals surface area contributed by atoms with E-state index in [0.29, 0.717) is 44.3 Å². The van der Waals surface area contributed by atoms with Crippen molar-refractivity contribution in [2.24, 2.45) is 5.92 Å². The van der Waals surface area contributed by atoms with Crippen LogP contribution in [-0.2, 0) is 16.1 Å². The maximum absolute atomic E-state index is 13.1. The molecule has 0 aliphatic carbocycles. The van der Waals surface area contributed by atoms with Gasteiger partial charge in [0.05, 0.1) is 26.4 Å². The molecule has 2 aliphatic heterocycles. The van der Waals surface area contributed by atoms with Gasteiger partial charge < -0.3 is 23.8 Å². The maximum Gasteiger partial charge on any atom is 0.254 e. The zero-order chi connectivity index (χ0) is 20.4. The predicted octanol–water partition coefficient (Wildman–Crippen LogP) is 0.595. The predicted molar refractivity (Wildman–Crippen MR) is 103 cm³/mol. The Morgan fingerprint density at radius 1 is 1.21 bits per heavy atom. The molecule has 2 aromatic heterocycles. The molecule has 2 aliphatic rings. The number of ether oxygens (including phenoxy) is 2. The van der Waals surface area contributed by atoms with Crippen molar-refractivity contribution in [1.82, 2.24) is 24.3 Å². The zero-order valence-electron chi connectivity index (χ0n) is 16.7. The van der Waals surface area contributed by atoms with Crippen LogP contribution < -0.4 is 4.74 Å². The Hall–Kier alpha value is -2.94. The molecule has 2 saturated heterocycles. The monoisotopic (exact) mass is 399 g/mol. The van der Waals surface area contributed by atoms with Gasteiger partial charge in [0.15, 0.2) is 0 Å². The quantitative estimate of drug-likeness (QED) is 0.748. The van der Waals surface area contributed by atoms with Gasteiger partial charge in [0.2, 0.25) is 11.8 Å². The van der Waals surface area contributed by atoms with Crippen molar-refractivity contribution < 1.29 is 19.1 Å². The molecule has 0 N–H and O–H groups in total. The molecule has 2 amide bonds. The Labute approximate surface area is 169 Å². The number of methoxy groups -OCH3 is 1. The van der Waals surface area contributed by atoms with Crippen LogP contribution in [0.25, 0.3) is 0 Å². The molecule has 29 heavy (non-hydrogen) atoms. The molecule has 0 spiro atoms. The minimum atomic E-state index is -0.175. The fraction of sp³-hybridized carbons (Fsp3) is 0.500. The van der Waals surface area contributed by atoms with Crippen molar-refractivity contribution in [1.29, 1.82) is 0 Å². The van der Waals surface area contributed by atoms with E-state index in [2.05, 4.69) is 9.97 Å². The van der Waals surface area contributed by atoms with Gasteiger partial charge in [-0.3, -0.25) is 9.59 Å². The smallest absolute Gasteiger partial charge is 0.254 e. The Balaban J connectivity index is 1.52. The fourth-order valence-electron chi connectivity index (χ4n) is 3.96. The van der Waals surface area contributed by atoms with Gasteiger partial charge in [-0.2, -0.15) is 0 Å². The molecular weight excluding hydrogens is 374 g/mol. The van der Waals surface area contributed by atoms with Crippen LogP contribution in [0.3, 0.4) is 0 Å². The lowest BCUT2D eigenvalue weighted by Gasteiger charge is -2.31. The van der Waals surface area contributed by atoms with E-state index in [-0.39, 0.29) is 30.3 Å². The second-order valence-electron chi connectivity index (χ2n) is 7.50. The van der Waals surface area contributed by atoms with Gasteiger partial charge in [0.25, 0.3) is 5.91 Å². The minimum Gasteiger partial charge on any atom is -0.481 e. The topological polar surface area (TPSA) is 89.8 Å². The number of rotatable bonds is 4. The molecule has 0 aromatic carbocycles. The first-order valence-corrected chi connectivity index (χ1v) is 9.69. The van der Waals surface area contributed by atoms with Crippen LogP contribution in [0.4, 0.5) is 0 Å². The maximum atomic E-state index is 13.1. The molecular formula is C20H25N5O4. The van der Waals surface area contributed by atoms with E-state index < -0.39 is 0 Å². The lowest BCUT2D eigenvalue weighted by molar-refractivity contribution is -0.134. The Morgan fingerprint density at radius 3 is 2.83 bits per heavy atom. The van der Waals surface area contributed by atoms with E-state index in [1.807, 2.05) is 21.3 Å². The molecule has 0 radical (unpaired) electrons. The fourth-order valence-corrected chi connectivity index (χ4v) is 3.96. The summed E-state index contributed by atoms with van der Waals surface area (Å²) in [7, 11) is 1.52. The van der Waals surface area contributed by atoms with E-state index in [1.165, 1.54) is 7.11 Å². The normalized spacial score (nSPS) is 21.6. The highest BCUT2D eigenvalue weighted by molar-refractivity contribution is 5.94. The van der Waals surface area contributed by atoms with Crippen LogP contribution in [0.2, 0.25) is 0 Å². The minimum absolute atomic E-state index is 0.0199. The molecule has 154 valence electrons. The van der Waals surface area contributed by atoms with Crippen LogP contribution in [-0.4, -0.2) is 82.1 Å². The second-order valence-corrected chi connectivity index (χ2v) is 7.50. The SMILES string of the molecule is COc1cc(C(=O)N2C[C@@H]3COC[C@H](C2)N(C(=O)Cn2ccnc2C)C3)ccn1. The molecule has 2 atom stereocenters. The van der Waals surface area contributed by atoms with Gasteiger partial charge in [0.1, 0.15) is 12.4 Å². The summed E-state index contributed by atoms with van der Waals surface area (Å²) in [6.45, 7) is 4.65. The number of aromatic nitrogens is 3. The molecule has 4 heterocycles. The number of imidazole rings is 1. The summed E-state index contributed by atoms with van der Waals surface area (Å²) in [4.78, 5) is 38.1. The van der Waals surface area contributed by atoms with Gasteiger partial charge in [-0.1, -0.05) is 0 Å². The van der Waals surface area contributed by atoms with Gasteiger partial charge in [-0.15, -0.1) is 0 Å². The lowest BCUT2D eigenvalue weighted by atomic mass is 10.1. The van der Waals surface area contributed by atoms with Crippen LogP contribution in [0.5, 0.6) is 5.88 Å². The molecule has 2 fully saturated rings. The summed E-state index contributed by atoms with van der Waals surface area (Å²) in [5, 5.41) is 0. The third kappa shape index (κ3) is 4.09. The van der Waals surface area contributed by atoms with Crippen LogP contribution in [0.1, 0.15) is 16.2 Å². The molecule has 9 heteroatoms. The summed E-state index contributed by atoms with van der Waals surface area (Å²) in [5.74, 6) is 1.22. The molecule has 9 nitrogen and oxygen atoms in total. The van der Waals surface area contributed by atoms with E-state index in [4.69, 9.17) is 9.47 Å². The lowest BCUT2D eigenvalue weighted by Crippen LogP contribution is -2.48. The average molecular weight is 399 g/mol. The van der Waals surface area contributed by atoms with Gasteiger partial charge in [0, 0.05) is 55.8 Å². The molecule has 2 aromatic rings. The highest BCUT2D eigenvalue weighted by atomic mass is 16.5. The van der Waals surface area contributed by atoms with E-state index in [1.54, 1.807) is 30.7 Å². The third-order valence-electron chi connectivity index (χ3n) is 5.50. The van der Waals surface area contributed by atoms with Crippen LogP contribution >= 0.6 is 0 Å². The van der Waals surface area contributed by atoms with Gasteiger partial charge >= 0.3 is 0 Å². The van der Waals surface area contributed by atoms with Gasteiger partial charge in [-0.25, -0.2) is 9.97 Å². The average Bonchev–Trinajstić information content (AvgIpc) is 2.92. The Morgan fingerprint density at radius 2 is 2.07 bits per heavy atom. The van der Waals surface area contributed by atoms with Crippen LogP contribution in [0, 0.1) is 12.8 Å². The van der Waals surface area contributed by atoms with Crippen molar-refractivity contribution in [3.05, 3.63) is 42.1 Å². The third-order valence-corrected chi connectivity index (χ3v) is 5.50. The molecule has 0 saturated carbocycles. The summed E-state index contributed by atoms with van der Waals surface area (Å²) < 4.78 is 12.8. The number of fused-ring (bicyclic) bond motifs is 3. The van der Waals surface area contributed by atoms with Crippen LogP contribution in [0.15, 0.2) is 30.7 Å². The zero-order valence-corrected chi connectivity index (χ0v) is 16.7. The van der Waals surface area contributed by atoms with E-state index in [0.717, 1.165) is 5.82 Å². The summed E-state index contributed by atoms with van der Waals surface area (Å²) >= 11 is 0. The molecule has 2 bridgehead atoms. The number of carbonyl (C=O) groups excluding carboxylic acids is 2. The second kappa shape index (κ2) is 8.20. The van der Waals surface area contributed by atoms with Gasteiger partial charge in [-0.05, 0) is 13.0 Å². The highest BCUT2D eigenvalue weighted by Gasteiger charge is 2.37. The van der Waals surface area contributed by atoms with Crippen molar-refractivity contribution in [3.8, 4) is 5.88 Å². The number of nitrogens with zero attached hydrogens (tertiary/aromatic N) is 5. The first kappa shape index (κ1) is 19.4. The Bertz CT molecular complexity index is 899. The summed E-state index contributed by atoms with van der Waals surface area (Å²) in [5.41, 5.74) is 0.532. The van der Waals surface area contributed by atoms with E-state index in [9.17, 15) is 9.59 Å². The van der Waals surface area contributed by atoms with Crippen molar-refractivity contribution in [2.45, 2.75) is 19.5 Å². The highest BCUT2D eigenvalue weighted by Crippen LogP contribution is 2.22. The first-order valence-electron chi connectivity index (χ1n) is 9.69. The standard InChI is InChI=1S/C20H25N5O4/c1-14-21-5-6-23(14)11-19(26)25-9-15-8-24(10-17(25)13-29-12-15)20(27)16-3-4-22-18(7-16)28-2/h3-7,15,17H,8-13H2,1-2H3/t15-,17-/m0/s1. The largest absolute Gasteiger partial charge is 0.481 e. The summed E-state index contributed by atoms with van der Waals surface area (Å²) in [6.07, 6.45) is 5.06. The van der Waals surface area contributed by atoms with E-state index >= 15 is 0 Å².